The molecule has 5 aromatic rings. The number of benzene rings is 2. The van der Waals surface area contributed by atoms with Gasteiger partial charge in [0.25, 0.3) is 0 Å². The average molecular weight is 383 g/mol. The number of nitrogens with zero attached hydrogens (tertiary/aromatic N) is 4. The van der Waals surface area contributed by atoms with Crippen LogP contribution in [0.4, 0.5) is 11.5 Å². The zero-order valence-electron chi connectivity index (χ0n) is 15.5. The highest BCUT2D eigenvalue weighted by Crippen LogP contribution is 2.28. The normalized spacial score (nSPS) is 10.9. The maximum atomic E-state index is 5.29. The van der Waals surface area contributed by atoms with Gasteiger partial charge in [-0.25, -0.2) is 15.0 Å². The second-order valence-electron chi connectivity index (χ2n) is 6.38. The summed E-state index contributed by atoms with van der Waals surface area (Å²) in [6.45, 7) is 0. The van der Waals surface area contributed by atoms with E-state index in [2.05, 4.69) is 35.5 Å². The second-order valence-corrected chi connectivity index (χ2v) is 6.38. The zero-order chi connectivity index (χ0) is 19.6. The van der Waals surface area contributed by atoms with E-state index in [1.807, 2.05) is 48.5 Å². The molecule has 0 amide bonds. The van der Waals surface area contributed by atoms with Crippen molar-refractivity contribution in [3.05, 3.63) is 67.0 Å². The number of aromatic nitrogens is 6. The quantitative estimate of drug-likeness (QED) is 0.421. The number of anilines is 2. The molecule has 0 atom stereocenters. The summed E-state index contributed by atoms with van der Waals surface area (Å²) in [7, 11) is 1.64. The Labute approximate surface area is 166 Å². The summed E-state index contributed by atoms with van der Waals surface area (Å²) in [5.41, 5.74) is 4.25. The molecule has 0 saturated heterocycles. The fourth-order valence-corrected chi connectivity index (χ4v) is 3.10. The second kappa shape index (κ2) is 7.08. The maximum Gasteiger partial charge on any atom is 0.161 e. The van der Waals surface area contributed by atoms with Crippen molar-refractivity contribution in [1.82, 2.24) is 30.1 Å². The monoisotopic (exact) mass is 383 g/mol. The Morgan fingerprint density at radius 1 is 1.00 bits per heavy atom. The minimum atomic E-state index is 0.600. The topological polar surface area (TPSA) is 104 Å². The molecule has 0 fully saturated rings. The minimum absolute atomic E-state index is 0.600. The van der Waals surface area contributed by atoms with Crippen molar-refractivity contribution in [3.8, 4) is 28.7 Å². The highest BCUT2D eigenvalue weighted by atomic mass is 16.5. The number of rotatable bonds is 5. The number of hydrogen-bond acceptors (Lipinski definition) is 6. The minimum Gasteiger partial charge on any atom is -0.497 e. The van der Waals surface area contributed by atoms with E-state index in [9.17, 15) is 0 Å². The molecule has 29 heavy (non-hydrogen) atoms. The lowest BCUT2D eigenvalue weighted by Gasteiger charge is -2.07. The number of hydrogen-bond donors (Lipinski definition) is 3. The van der Waals surface area contributed by atoms with Crippen LogP contribution in [0.5, 0.6) is 5.75 Å². The van der Waals surface area contributed by atoms with Crippen molar-refractivity contribution in [2.75, 3.05) is 12.4 Å². The molecule has 3 N–H and O–H groups in total. The van der Waals surface area contributed by atoms with Crippen molar-refractivity contribution < 1.29 is 4.74 Å². The Bertz CT molecular complexity index is 1260. The Morgan fingerprint density at radius 2 is 1.93 bits per heavy atom. The summed E-state index contributed by atoms with van der Waals surface area (Å²) < 4.78 is 5.29. The van der Waals surface area contributed by atoms with Gasteiger partial charge in [-0.15, -0.1) is 0 Å². The van der Waals surface area contributed by atoms with E-state index >= 15 is 0 Å². The third kappa shape index (κ3) is 3.27. The molecule has 0 aliphatic rings. The smallest absolute Gasteiger partial charge is 0.161 e. The predicted molar refractivity (Wildman–Crippen MR) is 111 cm³/mol. The van der Waals surface area contributed by atoms with E-state index < -0.39 is 0 Å². The number of ether oxygens (including phenoxy) is 1. The van der Waals surface area contributed by atoms with Crippen molar-refractivity contribution >= 4 is 22.5 Å². The number of aromatic amines is 2. The maximum absolute atomic E-state index is 5.29. The average Bonchev–Trinajstić information content (AvgIpc) is 3.40. The first kappa shape index (κ1) is 16.9. The lowest BCUT2D eigenvalue weighted by molar-refractivity contribution is 0.415. The van der Waals surface area contributed by atoms with E-state index in [-0.39, 0.29) is 0 Å². The third-order valence-electron chi connectivity index (χ3n) is 4.51. The molecule has 0 radical (unpaired) electrons. The van der Waals surface area contributed by atoms with Gasteiger partial charge in [-0.1, -0.05) is 24.3 Å². The van der Waals surface area contributed by atoms with Gasteiger partial charge >= 0.3 is 0 Å². The van der Waals surface area contributed by atoms with Crippen LogP contribution in [0.1, 0.15) is 0 Å². The van der Waals surface area contributed by atoms with Gasteiger partial charge in [-0.3, -0.25) is 5.10 Å². The van der Waals surface area contributed by atoms with Gasteiger partial charge in [0.1, 0.15) is 17.3 Å². The van der Waals surface area contributed by atoms with Crippen LogP contribution < -0.4 is 10.1 Å². The highest BCUT2D eigenvalue weighted by Gasteiger charge is 2.13. The number of para-hydroxylation sites is 2. The van der Waals surface area contributed by atoms with Crippen LogP contribution in [0.25, 0.3) is 33.9 Å². The number of methoxy groups -OCH3 is 1. The van der Waals surface area contributed by atoms with Crippen molar-refractivity contribution in [2.45, 2.75) is 0 Å². The van der Waals surface area contributed by atoms with E-state index in [1.165, 1.54) is 0 Å². The standard InChI is InChI=1S/C21H17N7O/c1-29-14-6-4-5-13(11-14)20-22-10-9-18(27-20)24-17-12-23-28-19(17)21-25-15-7-2-3-8-16(15)26-21/h2-12H,1H3,(H,23,28)(H,25,26)(H,22,24,27). The number of nitrogens with one attached hydrogen (secondary N) is 3. The summed E-state index contributed by atoms with van der Waals surface area (Å²) in [6, 6.07) is 17.3. The summed E-state index contributed by atoms with van der Waals surface area (Å²) in [5, 5.41) is 10.5. The number of imidazole rings is 1. The molecule has 8 nitrogen and oxygen atoms in total. The van der Waals surface area contributed by atoms with Gasteiger partial charge in [0.05, 0.1) is 30.0 Å². The van der Waals surface area contributed by atoms with Gasteiger partial charge in [0, 0.05) is 11.8 Å². The Morgan fingerprint density at radius 3 is 2.83 bits per heavy atom. The van der Waals surface area contributed by atoms with Crippen LogP contribution in [0, 0.1) is 0 Å². The summed E-state index contributed by atoms with van der Waals surface area (Å²) >= 11 is 0. The molecule has 3 heterocycles. The van der Waals surface area contributed by atoms with Gasteiger partial charge in [-0.05, 0) is 30.3 Å². The first-order chi connectivity index (χ1) is 14.3. The first-order valence-electron chi connectivity index (χ1n) is 9.03. The highest BCUT2D eigenvalue weighted by molar-refractivity contribution is 5.82. The van der Waals surface area contributed by atoms with Crippen LogP contribution >= 0.6 is 0 Å². The van der Waals surface area contributed by atoms with Crippen molar-refractivity contribution in [2.24, 2.45) is 0 Å². The van der Waals surface area contributed by atoms with Crippen LogP contribution in [0.2, 0.25) is 0 Å². The summed E-state index contributed by atoms with van der Waals surface area (Å²) in [5.74, 6) is 2.71. The molecule has 0 aliphatic carbocycles. The lowest BCUT2D eigenvalue weighted by Crippen LogP contribution is -1.98. The van der Waals surface area contributed by atoms with E-state index in [0.717, 1.165) is 33.7 Å². The van der Waals surface area contributed by atoms with E-state index in [4.69, 9.17) is 4.74 Å². The largest absolute Gasteiger partial charge is 0.497 e. The third-order valence-corrected chi connectivity index (χ3v) is 4.51. The predicted octanol–water partition coefficient (Wildman–Crippen LogP) is 4.16. The Hall–Kier alpha value is -4.20. The van der Waals surface area contributed by atoms with E-state index in [1.54, 1.807) is 25.6 Å². The van der Waals surface area contributed by atoms with Crippen LogP contribution in [-0.4, -0.2) is 37.2 Å². The zero-order valence-corrected chi connectivity index (χ0v) is 15.5. The van der Waals surface area contributed by atoms with Crippen LogP contribution in [-0.2, 0) is 0 Å². The van der Waals surface area contributed by atoms with Crippen molar-refractivity contribution in [3.63, 3.8) is 0 Å². The fourth-order valence-electron chi connectivity index (χ4n) is 3.10. The Kier molecular flexibility index (Phi) is 4.14. The Balaban J connectivity index is 1.46. The van der Waals surface area contributed by atoms with Crippen molar-refractivity contribution in [1.29, 1.82) is 0 Å². The van der Waals surface area contributed by atoms with Gasteiger partial charge in [0.2, 0.25) is 0 Å². The molecule has 142 valence electrons. The number of fused-ring (bicyclic) bond motifs is 1. The molecular weight excluding hydrogens is 366 g/mol. The lowest BCUT2D eigenvalue weighted by atomic mass is 10.2. The van der Waals surface area contributed by atoms with Gasteiger partial charge in [-0.2, -0.15) is 5.10 Å². The van der Waals surface area contributed by atoms with Crippen LogP contribution in [0.15, 0.2) is 67.0 Å². The molecule has 0 saturated carbocycles. The molecule has 0 bridgehead atoms. The van der Waals surface area contributed by atoms with Gasteiger partial charge in [0.15, 0.2) is 11.6 Å². The van der Waals surface area contributed by atoms with Crippen LogP contribution in [0.3, 0.4) is 0 Å². The molecule has 0 aliphatic heterocycles. The molecule has 5 rings (SSSR count). The van der Waals surface area contributed by atoms with Gasteiger partial charge < -0.3 is 15.0 Å². The molecule has 2 aromatic carbocycles. The molecule has 3 aromatic heterocycles. The summed E-state index contributed by atoms with van der Waals surface area (Å²) in [6.07, 6.45) is 3.42. The first-order valence-corrected chi connectivity index (χ1v) is 9.03. The SMILES string of the molecule is COc1cccc(-c2nccc(Nc3cn[nH]c3-c3nc4ccccc4[nH]3)n2)c1. The molecule has 0 spiro atoms. The summed E-state index contributed by atoms with van der Waals surface area (Å²) in [4.78, 5) is 16.9. The molecular formula is C21H17N7O. The van der Waals surface area contributed by atoms with E-state index in [0.29, 0.717) is 17.5 Å². The fraction of sp³-hybridized carbons (Fsp3) is 0.0476. The molecule has 0 unspecified atom stereocenters. The molecule has 8 heteroatoms. The number of H-pyrrole nitrogens is 2.